The molecule has 0 spiro atoms. The lowest BCUT2D eigenvalue weighted by molar-refractivity contribution is -0.384. The first kappa shape index (κ1) is 23.6. The Hall–Kier alpha value is -3.59. The Morgan fingerprint density at radius 2 is 1.59 bits per heavy atom. The van der Waals surface area contributed by atoms with Gasteiger partial charge in [-0.2, -0.15) is 5.01 Å². The summed E-state index contributed by atoms with van der Waals surface area (Å²) in [5.41, 5.74) is 0.0862. The second-order valence-electron chi connectivity index (χ2n) is 8.72. The monoisotopic (exact) mass is 483 g/mol. The molecule has 2 aromatic rings. The van der Waals surface area contributed by atoms with Crippen molar-refractivity contribution < 1.29 is 24.1 Å². The fourth-order valence-electron chi connectivity index (χ4n) is 4.58. The predicted octanol–water partition coefficient (Wildman–Crippen LogP) is 3.91. The number of carbonyl (C=O) groups is 4. The van der Waals surface area contributed by atoms with E-state index in [2.05, 4.69) is 0 Å². The van der Waals surface area contributed by atoms with Crippen molar-refractivity contribution >= 4 is 40.8 Å². The van der Waals surface area contributed by atoms with Crippen LogP contribution in [0.5, 0.6) is 0 Å². The molecule has 10 heteroatoms. The first-order valence-electron chi connectivity index (χ1n) is 10.9. The number of rotatable bonds is 6. The fraction of sp³-hybridized carbons (Fsp3) is 0.333. The largest absolute Gasteiger partial charge is 0.292 e. The van der Waals surface area contributed by atoms with Crippen LogP contribution in [-0.2, 0) is 9.59 Å². The van der Waals surface area contributed by atoms with Crippen LogP contribution in [0, 0.1) is 27.9 Å². The summed E-state index contributed by atoms with van der Waals surface area (Å²) >= 11 is 5.92. The number of nitrogens with zero attached hydrogens (tertiary/aromatic N) is 3. The summed E-state index contributed by atoms with van der Waals surface area (Å²) in [6.45, 7) is 1.44. The number of nitro benzene ring substituents is 1. The third kappa shape index (κ3) is 4.43. The molecule has 176 valence electrons. The Kier molecular flexibility index (Phi) is 6.47. The number of carbonyl (C=O) groups excluding carboxylic acids is 4. The summed E-state index contributed by atoms with van der Waals surface area (Å²) in [6, 6.07) is 10.8. The Bertz CT molecular complexity index is 1160. The van der Waals surface area contributed by atoms with Crippen LogP contribution in [0.25, 0.3) is 0 Å². The SMILES string of the molecule is C[C@@H]1CC[C@H]2C(=O)N(N(CC(=O)c3ccc([N+](=O)[O-])cc3)C(=O)c3ccc(Cl)cc3)C(=O)[C@@H]2C1. The van der Waals surface area contributed by atoms with Crippen molar-refractivity contribution in [2.24, 2.45) is 17.8 Å². The Morgan fingerprint density at radius 3 is 2.21 bits per heavy atom. The molecule has 4 rings (SSSR count). The minimum atomic E-state index is -0.694. The van der Waals surface area contributed by atoms with E-state index in [4.69, 9.17) is 11.6 Å². The molecule has 0 unspecified atom stereocenters. The van der Waals surface area contributed by atoms with Crippen molar-refractivity contribution in [1.82, 2.24) is 10.0 Å². The molecule has 0 bridgehead atoms. The molecule has 2 aliphatic rings. The highest BCUT2D eigenvalue weighted by atomic mass is 35.5. The van der Waals surface area contributed by atoms with E-state index in [0.717, 1.165) is 16.4 Å². The molecular weight excluding hydrogens is 462 g/mol. The number of halogens is 1. The molecule has 1 saturated carbocycles. The predicted molar refractivity (Wildman–Crippen MR) is 122 cm³/mol. The van der Waals surface area contributed by atoms with Gasteiger partial charge in [0.1, 0.15) is 6.54 Å². The number of imide groups is 1. The third-order valence-electron chi connectivity index (χ3n) is 6.42. The van der Waals surface area contributed by atoms with Crippen molar-refractivity contribution in [3.63, 3.8) is 0 Å². The number of hydrogen-bond acceptors (Lipinski definition) is 6. The highest BCUT2D eigenvalue weighted by Gasteiger charge is 2.52. The van der Waals surface area contributed by atoms with Gasteiger partial charge < -0.3 is 0 Å². The lowest BCUT2D eigenvalue weighted by Gasteiger charge is -2.30. The highest BCUT2D eigenvalue weighted by Crippen LogP contribution is 2.41. The molecule has 34 heavy (non-hydrogen) atoms. The van der Waals surface area contributed by atoms with Gasteiger partial charge in [-0.3, -0.25) is 29.3 Å². The van der Waals surface area contributed by atoms with Gasteiger partial charge >= 0.3 is 0 Å². The molecule has 1 heterocycles. The van der Waals surface area contributed by atoms with Gasteiger partial charge in [0.15, 0.2) is 5.78 Å². The van der Waals surface area contributed by atoms with Gasteiger partial charge in [0.2, 0.25) is 0 Å². The van der Waals surface area contributed by atoms with Crippen molar-refractivity contribution in [3.05, 3.63) is 74.8 Å². The number of non-ortho nitro benzene ring substituents is 1. The van der Waals surface area contributed by atoms with E-state index in [0.29, 0.717) is 17.9 Å². The summed E-state index contributed by atoms with van der Waals surface area (Å²) in [4.78, 5) is 63.2. The summed E-state index contributed by atoms with van der Waals surface area (Å²) in [6.07, 6.45) is 1.90. The van der Waals surface area contributed by atoms with Gasteiger partial charge in [-0.05, 0) is 61.6 Å². The van der Waals surface area contributed by atoms with Gasteiger partial charge in [-0.25, -0.2) is 5.01 Å². The number of fused-ring (bicyclic) bond motifs is 1. The normalized spacial score (nSPS) is 21.8. The van der Waals surface area contributed by atoms with E-state index in [1.165, 1.54) is 48.5 Å². The van der Waals surface area contributed by atoms with Crippen molar-refractivity contribution in [2.45, 2.75) is 26.2 Å². The van der Waals surface area contributed by atoms with Gasteiger partial charge in [0.05, 0.1) is 16.8 Å². The van der Waals surface area contributed by atoms with E-state index < -0.39 is 46.8 Å². The van der Waals surface area contributed by atoms with E-state index in [-0.39, 0.29) is 22.7 Å². The molecule has 1 saturated heterocycles. The van der Waals surface area contributed by atoms with Gasteiger partial charge in [-0.15, -0.1) is 0 Å². The number of ketones is 1. The summed E-state index contributed by atoms with van der Waals surface area (Å²) in [5, 5.41) is 13.0. The Morgan fingerprint density at radius 1 is 1.00 bits per heavy atom. The van der Waals surface area contributed by atoms with Crippen LogP contribution in [0.15, 0.2) is 48.5 Å². The zero-order chi connectivity index (χ0) is 24.6. The molecule has 9 nitrogen and oxygen atoms in total. The van der Waals surface area contributed by atoms with Crippen molar-refractivity contribution in [3.8, 4) is 0 Å². The molecule has 1 aliphatic heterocycles. The van der Waals surface area contributed by atoms with Crippen LogP contribution >= 0.6 is 11.6 Å². The lowest BCUT2D eigenvalue weighted by Crippen LogP contribution is -2.52. The van der Waals surface area contributed by atoms with Crippen LogP contribution in [0.4, 0.5) is 5.69 Å². The molecule has 3 atom stereocenters. The van der Waals surface area contributed by atoms with E-state index in [9.17, 15) is 29.3 Å². The van der Waals surface area contributed by atoms with Crippen molar-refractivity contribution in [2.75, 3.05) is 6.54 Å². The number of hydrogen-bond donors (Lipinski definition) is 0. The molecule has 0 aromatic heterocycles. The average molecular weight is 484 g/mol. The third-order valence-corrected chi connectivity index (χ3v) is 6.68. The quantitative estimate of drug-likeness (QED) is 0.266. The highest BCUT2D eigenvalue weighted by molar-refractivity contribution is 6.30. The Labute approximate surface area is 200 Å². The number of amides is 3. The van der Waals surface area contributed by atoms with Crippen LogP contribution in [0.3, 0.4) is 0 Å². The second-order valence-corrected chi connectivity index (χ2v) is 9.15. The minimum Gasteiger partial charge on any atom is -0.292 e. The van der Waals surface area contributed by atoms with Gasteiger partial charge in [0, 0.05) is 28.3 Å². The summed E-state index contributed by atoms with van der Waals surface area (Å²) in [5.74, 6) is -2.99. The van der Waals surface area contributed by atoms with E-state index in [1.54, 1.807) is 0 Å². The molecule has 2 fully saturated rings. The van der Waals surface area contributed by atoms with Gasteiger partial charge in [0.25, 0.3) is 23.4 Å². The maximum atomic E-state index is 13.4. The minimum absolute atomic E-state index is 0.115. The van der Waals surface area contributed by atoms with Crippen LogP contribution in [0.1, 0.15) is 46.9 Å². The molecule has 2 aromatic carbocycles. The molecule has 1 aliphatic carbocycles. The number of benzene rings is 2. The van der Waals surface area contributed by atoms with E-state index >= 15 is 0 Å². The lowest BCUT2D eigenvalue weighted by atomic mass is 9.76. The Balaban J connectivity index is 1.67. The first-order chi connectivity index (χ1) is 16.2. The van der Waals surface area contributed by atoms with Crippen LogP contribution < -0.4 is 0 Å². The van der Waals surface area contributed by atoms with Crippen molar-refractivity contribution in [1.29, 1.82) is 0 Å². The maximum absolute atomic E-state index is 13.4. The zero-order valence-corrected chi connectivity index (χ0v) is 19.1. The summed E-state index contributed by atoms with van der Waals surface area (Å²) < 4.78 is 0. The van der Waals surface area contributed by atoms with Crippen LogP contribution in [0.2, 0.25) is 5.02 Å². The molecule has 0 radical (unpaired) electrons. The smallest absolute Gasteiger partial charge is 0.273 e. The number of nitro groups is 1. The molecular formula is C24H22ClN3O6. The number of Topliss-reactive ketones (excluding diaryl/α,β-unsaturated/α-hetero) is 1. The molecule has 0 N–H and O–H groups in total. The average Bonchev–Trinajstić information content (AvgIpc) is 3.06. The standard InChI is InChI=1S/C24H22ClN3O6/c1-14-2-11-19-20(12-14)24(32)27(23(19)31)26(22(30)16-3-7-17(25)8-4-16)13-21(29)15-5-9-18(10-6-15)28(33)34/h3-10,14,19-20H,2,11-13H2,1H3/t14-,19-,20-/m1/s1. The second kappa shape index (κ2) is 9.34. The zero-order valence-electron chi connectivity index (χ0n) is 18.3. The number of hydrazine groups is 1. The summed E-state index contributed by atoms with van der Waals surface area (Å²) in [7, 11) is 0. The first-order valence-corrected chi connectivity index (χ1v) is 11.3. The van der Waals surface area contributed by atoms with Crippen LogP contribution in [-0.4, -0.2) is 45.0 Å². The fourth-order valence-corrected chi connectivity index (χ4v) is 4.71. The topological polar surface area (TPSA) is 118 Å². The van der Waals surface area contributed by atoms with E-state index in [1.807, 2.05) is 6.92 Å². The molecule has 3 amide bonds. The maximum Gasteiger partial charge on any atom is 0.273 e. The van der Waals surface area contributed by atoms with Gasteiger partial charge in [-0.1, -0.05) is 18.5 Å².